The van der Waals surface area contributed by atoms with Gasteiger partial charge in [-0.2, -0.15) is 0 Å². The Morgan fingerprint density at radius 3 is 2.84 bits per heavy atom. The van der Waals surface area contributed by atoms with Gasteiger partial charge in [0.1, 0.15) is 12.4 Å². The summed E-state index contributed by atoms with van der Waals surface area (Å²) in [4.78, 5) is 11.3. The molecule has 0 aromatic heterocycles. The Bertz CT molecular complexity index is 379. The SMILES string of the molecule is CCCCC(=O)OCCNCc1ccccc1OC. The molecule has 0 spiro atoms. The zero-order chi connectivity index (χ0) is 13.9. The van der Waals surface area contributed by atoms with Crippen molar-refractivity contribution in [2.45, 2.75) is 32.7 Å². The quantitative estimate of drug-likeness (QED) is 0.550. The second kappa shape index (κ2) is 9.39. The predicted molar refractivity (Wildman–Crippen MR) is 75.2 cm³/mol. The molecule has 0 aliphatic carbocycles. The van der Waals surface area contributed by atoms with E-state index in [0.29, 0.717) is 26.1 Å². The first-order chi connectivity index (χ1) is 9.27. The number of unbranched alkanes of at least 4 members (excludes halogenated alkanes) is 1. The smallest absolute Gasteiger partial charge is 0.305 e. The van der Waals surface area contributed by atoms with E-state index in [2.05, 4.69) is 12.2 Å². The number of hydrogen-bond donors (Lipinski definition) is 1. The third kappa shape index (κ3) is 6.25. The van der Waals surface area contributed by atoms with Gasteiger partial charge in [0.2, 0.25) is 0 Å². The average molecular weight is 265 g/mol. The normalized spacial score (nSPS) is 10.2. The first kappa shape index (κ1) is 15.5. The molecule has 1 N–H and O–H groups in total. The molecule has 1 aromatic rings. The van der Waals surface area contributed by atoms with Crippen LogP contribution in [0.15, 0.2) is 24.3 Å². The third-order valence-electron chi connectivity index (χ3n) is 2.78. The lowest BCUT2D eigenvalue weighted by molar-refractivity contribution is -0.143. The van der Waals surface area contributed by atoms with E-state index >= 15 is 0 Å². The van der Waals surface area contributed by atoms with E-state index in [-0.39, 0.29) is 5.97 Å². The molecule has 0 heterocycles. The van der Waals surface area contributed by atoms with Gasteiger partial charge in [0.25, 0.3) is 0 Å². The van der Waals surface area contributed by atoms with Crippen molar-refractivity contribution in [2.24, 2.45) is 0 Å². The molecule has 0 aliphatic rings. The van der Waals surface area contributed by atoms with E-state index < -0.39 is 0 Å². The van der Waals surface area contributed by atoms with Gasteiger partial charge in [0.05, 0.1) is 7.11 Å². The molecule has 0 saturated heterocycles. The van der Waals surface area contributed by atoms with Gasteiger partial charge in [-0.25, -0.2) is 0 Å². The molecule has 0 bridgehead atoms. The van der Waals surface area contributed by atoms with Crippen LogP contribution in [0.2, 0.25) is 0 Å². The van der Waals surface area contributed by atoms with Crippen LogP contribution in [0.25, 0.3) is 0 Å². The minimum Gasteiger partial charge on any atom is -0.496 e. The topological polar surface area (TPSA) is 47.6 Å². The zero-order valence-corrected chi connectivity index (χ0v) is 11.8. The van der Waals surface area contributed by atoms with Crippen molar-refractivity contribution in [1.29, 1.82) is 0 Å². The lowest BCUT2D eigenvalue weighted by atomic mass is 10.2. The van der Waals surface area contributed by atoms with Crippen LogP contribution in [0, 0.1) is 0 Å². The lowest BCUT2D eigenvalue weighted by Crippen LogP contribution is -2.21. The van der Waals surface area contributed by atoms with Gasteiger partial charge in [-0.15, -0.1) is 0 Å². The van der Waals surface area contributed by atoms with E-state index in [1.807, 2.05) is 24.3 Å². The summed E-state index contributed by atoms with van der Waals surface area (Å²) in [5, 5.41) is 3.23. The van der Waals surface area contributed by atoms with Gasteiger partial charge >= 0.3 is 5.97 Å². The molecule has 0 atom stereocenters. The summed E-state index contributed by atoms with van der Waals surface area (Å²) in [6.07, 6.45) is 2.43. The molecule has 1 aromatic carbocycles. The summed E-state index contributed by atoms with van der Waals surface area (Å²) in [6, 6.07) is 7.86. The highest BCUT2D eigenvalue weighted by molar-refractivity contribution is 5.69. The third-order valence-corrected chi connectivity index (χ3v) is 2.78. The van der Waals surface area contributed by atoms with E-state index in [0.717, 1.165) is 24.2 Å². The van der Waals surface area contributed by atoms with Gasteiger partial charge in [-0.05, 0) is 12.5 Å². The second-order valence-corrected chi connectivity index (χ2v) is 4.31. The predicted octanol–water partition coefficient (Wildman–Crippen LogP) is 2.52. The molecule has 0 saturated carbocycles. The Hall–Kier alpha value is -1.55. The molecule has 19 heavy (non-hydrogen) atoms. The van der Waals surface area contributed by atoms with Crippen molar-refractivity contribution in [3.05, 3.63) is 29.8 Å². The molecule has 0 fully saturated rings. The molecule has 0 radical (unpaired) electrons. The van der Waals surface area contributed by atoms with Crippen molar-refractivity contribution < 1.29 is 14.3 Å². The minimum absolute atomic E-state index is 0.110. The lowest BCUT2D eigenvalue weighted by Gasteiger charge is -2.09. The molecule has 106 valence electrons. The Labute approximate surface area is 115 Å². The number of hydrogen-bond acceptors (Lipinski definition) is 4. The van der Waals surface area contributed by atoms with Crippen LogP contribution in [0.1, 0.15) is 31.7 Å². The largest absolute Gasteiger partial charge is 0.496 e. The number of rotatable bonds is 9. The number of carbonyl (C=O) groups excluding carboxylic acids is 1. The van der Waals surface area contributed by atoms with E-state index in [1.165, 1.54) is 0 Å². The molecule has 0 amide bonds. The van der Waals surface area contributed by atoms with Crippen molar-refractivity contribution in [2.75, 3.05) is 20.3 Å². The summed E-state index contributed by atoms with van der Waals surface area (Å²) < 4.78 is 10.4. The summed E-state index contributed by atoms with van der Waals surface area (Å²) in [5.74, 6) is 0.760. The Morgan fingerprint density at radius 1 is 1.32 bits per heavy atom. The molecule has 1 rings (SSSR count). The summed E-state index contributed by atoms with van der Waals surface area (Å²) in [5.41, 5.74) is 1.10. The standard InChI is InChI=1S/C15H23NO3/c1-3-4-9-15(17)19-11-10-16-12-13-7-5-6-8-14(13)18-2/h5-8,16H,3-4,9-12H2,1-2H3. The number of nitrogens with one attached hydrogen (secondary N) is 1. The maximum absolute atomic E-state index is 11.3. The van der Waals surface area contributed by atoms with E-state index in [9.17, 15) is 4.79 Å². The van der Waals surface area contributed by atoms with Crippen LogP contribution in [-0.4, -0.2) is 26.2 Å². The number of methoxy groups -OCH3 is 1. The molecule has 0 aliphatic heterocycles. The molecule has 4 heteroatoms. The summed E-state index contributed by atoms with van der Waals surface area (Å²) >= 11 is 0. The number of benzene rings is 1. The van der Waals surface area contributed by atoms with E-state index in [4.69, 9.17) is 9.47 Å². The highest BCUT2D eigenvalue weighted by atomic mass is 16.5. The molecular weight excluding hydrogens is 242 g/mol. The highest BCUT2D eigenvalue weighted by Crippen LogP contribution is 2.16. The monoisotopic (exact) mass is 265 g/mol. The molecular formula is C15H23NO3. The second-order valence-electron chi connectivity index (χ2n) is 4.31. The van der Waals surface area contributed by atoms with Crippen LogP contribution in [-0.2, 0) is 16.1 Å². The Kier molecular flexibility index (Phi) is 7.66. The number of esters is 1. The zero-order valence-electron chi connectivity index (χ0n) is 11.8. The molecule has 4 nitrogen and oxygen atoms in total. The van der Waals surface area contributed by atoms with E-state index in [1.54, 1.807) is 7.11 Å². The number of ether oxygens (including phenoxy) is 2. The van der Waals surface area contributed by atoms with Crippen molar-refractivity contribution in [3.63, 3.8) is 0 Å². The Morgan fingerprint density at radius 2 is 2.11 bits per heavy atom. The van der Waals surface area contributed by atoms with Crippen LogP contribution in [0.3, 0.4) is 0 Å². The number of carbonyl (C=O) groups is 1. The van der Waals surface area contributed by atoms with Crippen molar-refractivity contribution >= 4 is 5.97 Å². The van der Waals surface area contributed by atoms with Crippen LogP contribution in [0.5, 0.6) is 5.75 Å². The van der Waals surface area contributed by atoms with Crippen LogP contribution in [0.4, 0.5) is 0 Å². The fourth-order valence-electron chi connectivity index (χ4n) is 1.70. The minimum atomic E-state index is -0.110. The molecule has 0 unspecified atom stereocenters. The van der Waals surface area contributed by atoms with Gasteiger partial charge in [0, 0.05) is 25.1 Å². The van der Waals surface area contributed by atoms with Gasteiger partial charge in [-0.3, -0.25) is 4.79 Å². The summed E-state index contributed by atoms with van der Waals surface area (Å²) in [6.45, 7) is 3.83. The fraction of sp³-hybridized carbons (Fsp3) is 0.533. The first-order valence-electron chi connectivity index (χ1n) is 6.76. The first-order valence-corrected chi connectivity index (χ1v) is 6.76. The van der Waals surface area contributed by atoms with Crippen molar-refractivity contribution in [3.8, 4) is 5.75 Å². The van der Waals surface area contributed by atoms with Gasteiger partial charge in [-0.1, -0.05) is 31.5 Å². The Balaban J connectivity index is 2.15. The average Bonchev–Trinajstić information content (AvgIpc) is 2.45. The number of para-hydroxylation sites is 1. The van der Waals surface area contributed by atoms with Gasteiger partial charge in [0.15, 0.2) is 0 Å². The van der Waals surface area contributed by atoms with Crippen LogP contribution >= 0.6 is 0 Å². The van der Waals surface area contributed by atoms with Crippen LogP contribution < -0.4 is 10.1 Å². The highest BCUT2D eigenvalue weighted by Gasteiger charge is 2.02. The maximum Gasteiger partial charge on any atom is 0.305 e. The fourth-order valence-corrected chi connectivity index (χ4v) is 1.70. The van der Waals surface area contributed by atoms with Gasteiger partial charge < -0.3 is 14.8 Å². The summed E-state index contributed by atoms with van der Waals surface area (Å²) in [7, 11) is 1.66. The van der Waals surface area contributed by atoms with Crippen molar-refractivity contribution in [1.82, 2.24) is 5.32 Å². The maximum atomic E-state index is 11.3.